The van der Waals surface area contributed by atoms with Crippen molar-refractivity contribution >= 4 is 5.91 Å². The van der Waals surface area contributed by atoms with Crippen LogP contribution in [0.3, 0.4) is 0 Å². The molecule has 0 aromatic heterocycles. The maximum Gasteiger partial charge on any atom is 0.422 e. The number of carbonyl (C=O) groups is 1. The van der Waals surface area contributed by atoms with E-state index in [0.717, 1.165) is 16.7 Å². The molecule has 0 radical (unpaired) electrons. The van der Waals surface area contributed by atoms with E-state index in [-0.39, 0.29) is 24.8 Å². The van der Waals surface area contributed by atoms with Crippen LogP contribution in [0, 0.1) is 13.8 Å². The van der Waals surface area contributed by atoms with Gasteiger partial charge in [0.2, 0.25) is 0 Å². The summed E-state index contributed by atoms with van der Waals surface area (Å²) in [4.78, 5) is 11.9. The summed E-state index contributed by atoms with van der Waals surface area (Å²) in [5, 5.41) is 2.69. The highest BCUT2D eigenvalue weighted by Crippen LogP contribution is 2.19. The van der Waals surface area contributed by atoms with Crippen molar-refractivity contribution in [2.24, 2.45) is 0 Å². The number of aryl methyl sites for hydroxylation is 2. The fraction of sp³-hybridized carbons (Fsp3) is 0.316. The first kappa shape index (κ1) is 19.6. The molecule has 7 heteroatoms. The summed E-state index contributed by atoms with van der Waals surface area (Å²) in [5.41, 5.74) is 2.80. The number of halogens is 3. The van der Waals surface area contributed by atoms with Crippen LogP contribution < -0.4 is 14.8 Å². The van der Waals surface area contributed by atoms with Gasteiger partial charge in [-0.1, -0.05) is 29.8 Å². The number of rotatable bonds is 7. The van der Waals surface area contributed by atoms with Crippen LogP contribution in [0.15, 0.2) is 42.5 Å². The minimum atomic E-state index is -4.37. The topological polar surface area (TPSA) is 47.6 Å². The normalized spacial score (nSPS) is 11.1. The Balaban J connectivity index is 1.76. The number of amides is 1. The smallest absolute Gasteiger partial charge is 0.422 e. The molecule has 0 spiro atoms. The second kappa shape index (κ2) is 8.60. The van der Waals surface area contributed by atoms with Gasteiger partial charge in [-0.25, -0.2) is 0 Å². The average Bonchev–Trinajstić information content (AvgIpc) is 2.57. The van der Waals surface area contributed by atoms with Gasteiger partial charge in [0.05, 0.1) is 0 Å². The number of hydrogen-bond donors (Lipinski definition) is 1. The van der Waals surface area contributed by atoms with Gasteiger partial charge in [0.25, 0.3) is 5.91 Å². The van der Waals surface area contributed by atoms with Crippen LogP contribution in [0.4, 0.5) is 13.2 Å². The molecule has 0 aliphatic heterocycles. The van der Waals surface area contributed by atoms with Gasteiger partial charge in [-0.15, -0.1) is 0 Å². The number of ether oxygens (including phenoxy) is 2. The Hall–Kier alpha value is -2.70. The third-order valence-electron chi connectivity index (χ3n) is 3.50. The lowest BCUT2D eigenvalue weighted by Gasteiger charge is -2.11. The highest BCUT2D eigenvalue weighted by molar-refractivity contribution is 5.77. The Labute approximate surface area is 149 Å². The Kier molecular flexibility index (Phi) is 6.49. The second-order valence-electron chi connectivity index (χ2n) is 5.88. The number of benzene rings is 2. The monoisotopic (exact) mass is 367 g/mol. The average molecular weight is 367 g/mol. The number of carbonyl (C=O) groups excluding carboxylic acids is 1. The molecule has 0 bridgehead atoms. The van der Waals surface area contributed by atoms with E-state index in [1.165, 1.54) is 12.1 Å². The van der Waals surface area contributed by atoms with Crippen LogP contribution in [0.1, 0.15) is 16.7 Å². The van der Waals surface area contributed by atoms with E-state index in [4.69, 9.17) is 4.74 Å². The lowest BCUT2D eigenvalue weighted by Crippen LogP contribution is -2.28. The molecule has 0 unspecified atom stereocenters. The third-order valence-corrected chi connectivity index (χ3v) is 3.50. The Morgan fingerprint density at radius 2 is 1.73 bits per heavy atom. The van der Waals surface area contributed by atoms with Crippen molar-refractivity contribution in [2.45, 2.75) is 26.6 Å². The maximum absolute atomic E-state index is 12.1. The zero-order chi connectivity index (χ0) is 19.2. The Bertz CT molecular complexity index is 743. The predicted molar refractivity (Wildman–Crippen MR) is 91.2 cm³/mol. The van der Waals surface area contributed by atoms with Crippen molar-refractivity contribution < 1.29 is 27.4 Å². The molecule has 1 amide bonds. The van der Waals surface area contributed by atoms with Crippen LogP contribution >= 0.6 is 0 Å². The summed E-state index contributed by atoms with van der Waals surface area (Å²) >= 11 is 0. The van der Waals surface area contributed by atoms with E-state index in [0.29, 0.717) is 5.75 Å². The van der Waals surface area contributed by atoms with Crippen molar-refractivity contribution in [1.29, 1.82) is 0 Å². The van der Waals surface area contributed by atoms with Gasteiger partial charge in [0.1, 0.15) is 11.5 Å². The van der Waals surface area contributed by atoms with E-state index in [1.54, 1.807) is 12.1 Å². The zero-order valence-corrected chi connectivity index (χ0v) is 14.5. The molecule has 0 aliphatic rings. The molecule has 4 nitrogen and oxygen atoms in total. The number of alkyl halides is 3. The molecule has 0 fully saturated rings. The highest BCUT2D eigenvalue weighted by Gasteiger charge is 2.28. The van der Waals surface area contributed by atoms with Crippen molar-refractivity contribution in [3.8, 4) is 11.5 Å². The van der Waals surface area contributed by atoms with Gasteiger partial charge in [0, 0.05) is 6.54 Å². The van der Waals surface area contributed by atoms with Crippen LogP contribution in [0.5, 0.6) is 11.5 Å². The van der Waals surface area contributed by atoms with Gasteiger partial charge in [-0.3, -0.25) is 4.79 Å². The molecular formula is C19H20F3NO3. The van der Waals surface area contributed by atoms with Crippen LogP contribution in [0.25, 0.3) is 0 Å². The van der Waals surface area contributed by atoms with Gasteiger partial charge >= 0.3 is 6.18 Å². The molecule has 0 saturated carbocycles. The second-order valence-corrected chi connectivity index (χ2v) is 5.88. The Morgan fingerprint density at radius 3 is 2.35 bits per heavy atom. The van der Waals surface area contributed by atoms with Gasteiger partial charge in [-0.2, -0.15) is 13.2 Å². The fourth-order valence-corrected chi connectivity index (χ4v) is 2.22. The molecular weight excluding hydrogens is 347 g/mol. The van der Waals surface area contributed by atoms with E-state index in [9.17, 15) is 18.0 Å². The molecule has 2 aromatic rings. The van der Waals surface area contributed by atoms with Crippen molar-refractivity contribution in [1.82, 2.24) is 5.32 Å². The highest BCUT2D eigenvalue weighted by atomic mass is 19.4. The summed E-state index contributed by atoms with van der Waals surface area (Å²) in [7, 11) is 0. The Morgan fingerprint density at radius 1 is 1.04 bits per heavy atom. The summed E-state index contributed by atoms with van der Waals surface area (Å²) < 4.78 is 46.4. The lowest BCUT2D eigenvalue weighted by molar-refractivity contribution is -0.153. The molecule has 0 saturated heterocycles. The maximum atomic E-state index is 12.1. The van der Waals surface area contributed by atoms with Gasteiger partial charge in [-0.05, 0) is 43.2 Å². The van der Waals surface area contributed by atoms with Crippen molar-refractivity contribution in [3.63, 3.8) is 0 Å². The van der Waals surface area contributed by atoms with Crippen LogP contribution in [-0.4, -0.2) is 25.3 Å². The summed E-state index contributed by atoms with van der Waals surface area (Å²) in [6.07, 6.45) is -4.37. The lowest BCUT2D eigenvalue weighted by atomic mass is 10.1. The molecule has 140 valence electrons. The minimum Gasteiger partial charge on any atom is -0.484 e. The van der Waals surface area contributed by atoms with Crippen LogP contribution in [-0.2, 0) is 11.3 Å². The summed E-state index contributed by atoms with van der Waals surface area (Å²) in [6.45, 7) is 2.68. The molecule has 0 heterocycles. The molecule has 2 rings (SSSR count). The SMILES string of the molecule is Cc1ccc(OCC(=O)NCc2ccc(OCC(F)(F)F)cc2)c(C)c1. The van der Waals surface area contributed by atoms with E-state index >= 15 is 0 Å². The third kappa shape index (κ3) is 6.66. The predicted octanol–water partition coefficient (Wildman–Crippen LogP) is 3.94. The van der Waals surface area contributed by atoms with Crippen LogP contribution in [0.2, 0.25) is 0 Å². The first-order chi connectivity index (χ1) is 12.2. The molecule has 2 aromatic carbocycles. The van der Waals surface area contributed by atoms with Crippen molar-refractivity contribution in [2.75, 3.05) is 13.2 Å². The number of hydrogen-bond acceptors (Lipinski definition) is 3. The zero-order valence-electron chi connectivity index (χ0n) is 14.5. The summed E-state index contributed by atoms with van der Waals surface area (Å²) in [6, 6.07) is 11.7. The van der Waals surface area contributed by atoms with Crippen molar-refractivity contribution in [3.05, 3.63) is 59.2 Å². The molecule has 26 heavy (non-hydrogen) atoms. The fourth-order valence-electron chi connectivity index (χ4n) is 2.22. The van der Waals surface area contributed by atoms with Gasteiger partial charge < -0.3 is 14.8 Å². The number of nitrogens with one attached hydrogen (secondary N) is 1. The molecule has 0 atom stereocenters. The van der Waals surface area contributed by atoms with Gasteiger partial charge in [0.15, 0.2) is 13.2 Å². The summed E-state index contributed by atoms with van der Waals surface area (Å²) in [5.74, 6) is 0.481. The van der Waals surface area contributed by atoms with E-state index in [1.807, 2.05) is 32.0 Å². The van der Waals surface area contributed by atoms with E-state index < -0.39 is 12.8 Å². The quantitative estimate of drug-likeness (QED) is 0.806. The minimum absolute atomic E-state index is 0.114. The standard InChI is InChI=1S/C19H20F3NO3/c1-13-3-8-17(14(2)9-13)25-11-18(24)23-10-15-4-6-16(7-5-15)26-12-19(20,21)22/h3-9H,10-12H2,1-2H3,(H,23,24). The molecule has 1 N–H and O–H groups in total. The first-order valence-electron chi connectivity index (χ1n) is 7.98. The largest absolute Gasteiger partial charge is 0.484 e. The van der Waals surface area contributed by atoms with E-state index in [2.05, 4.69) is 10.1 Å². The first-order valence-corrected chi connectivity index (χ1v) is 7.98. The molecule has 0 aliphatic carbocycles.